The number of amides is 1. The summed E-state index contributed by atoms with van der Waals surface area (Å²) in [7, 11) is 0. The monoisotopic (exact) mass is 450 g/mol. The van der Waals surface area contributed by atoms with Crippen molar-refractivity contribution < 1.29 is 9.53 Å². The second-order valence-corrected chi connectivity index (χ2v) is 8.58. The van der Waals surface area contributed by atoms with Crippen LogP contribution in [0.5, 0.6) is 0 Å². The maximum atomic E-state index is 13.2. The lowest BCUT2D eigenvalue weighted by Gasteiger charge is -2.36. The minimum atomic E-state index is -0.440. The maximum Gasteiger partial charge on any atom is 0.247 e. The largest absolute Gasteiger partial charge is 0.380 e. The summed E-state index contributed by atoms with van der Waals surface area (Å²) in [5, 5.41) is 0. The van der Waals surface area contributed by atoms with Gasteiger partial charge in [-0.2, -0.15) is 0 Å². The second kappa shape index (κ2) is 11.3. The normalized spacial score (nSPS) is 22.9. The molecule has 1 amide bonds. The van der Waals surface area contributed by atoms with Crippen LogP contribution < -0.4 is 0 Å². The third-order valence-electron chi connectivity index (χ3n) is 6.14. The molecular weight excluding hydrogens is 416 g/mol. The highest BCUT2D eigenvalue weighted by Gasteiger charge is 2.30. The van der Waals surface area contributed by atoms with E-state index in [0.29, 0.717) is 6.54 Å². The molecule has 0 aliphatic carbocycles. The minimum absolute atomic E-state index is 0.0849. The van der Waals surface area contributed by atoms with Gasteiger partial charge < -0.3 is 14.5 Å². The Morgan fingerprint density at radius 3 is 2.73 bits per heavy atom. The van der Waals surface area contributed by atoms with Crippen LogP contribution in [0.15, 0.2) is 57.7 Å². The first-order valence-electron chi connectivity index (χ1n) is 11.9. The quantitative estimate of drug-likeness (QED) is 0.570. The molecule has 0 radical (unpaired) electrons. The van der Waals surface area contributed by atoms with E-state index < -0.39 is 6.04 Å². The van der Waals surface area contributed by atoms with Gasteiger partial charge in [-0.3, -0.25) is 24.7 Å². The summed E-state index contributed by atoms with van der Waals surface area (Å²) in [6, 6.07) is 9.49. The van der Waals surface area contributed by atoms with Gasteiger partial charge in [-0.1, -0.05) is 37.3 Å². The zero-order chi connectivity index (χ0) is 23.0. The van der Waals surface area contributed by atoms with Crippen LogP contribution in [0.4, 0.5) is 0 Å². The molecular formula is C25H34N6O2. The standard InChI is InChI=1S/C25H34N6O2/c1-3-16-33-17-15-29-11-13-30(14-12-29)25(32)20(2)27-22-19-31-10-9-26-18-23(31)28-24(22)21-7-5-4-6-8-21/h4-10,18,20,24H,3,11-17,19H2,1-2H3. The van der Waals surface area contributed by atoms with Gasteiger partial charge in [0, 0.05) is 51.7 Å². The zero-order valence-corrected chi connectivity index (χ0v) is 19.6. The van der Waals surface area contributed by atoms with Crippen LogP contribution in [0.2, 0.25) is 0 Å². The van der Waals surface area contributed by atoms with E-state index in [1.54, 1.807) is 12.4 Å². The highest BCUT2D eigenvalue weighted by molar-refractivity contribution is 6.32. The zero-order valence-electron chi connectivity index (χ0n) is 19.6. The number of amidine groups is 1. The van der Waals surface area contributed by atoms with Crippen molar-refractivity contribution in [2.75, 3.05) is 52.5 Å². The fourth-order valence-electron chi connectivity index (χ4n) is 4.30. The van der Waals surface area contributed by atoms with Gasteiger partial charge in [0.25, 0.3) is 0 Å². The number of carbonyl (C=O) groups is 1. The van der Waals surface area contributed by atoms with Crippen molar-refractivity contribution in [3.8, 4) is 0 Å². The van der Waals surface area contributed by atoms with E-state index in [-0.39, 0.29) is 11.9 Å². The van der Waals surface area contributed by atoms with Crippen LogP contribution in [0.25, 0.3) is 0 Å². The van der Waals surface area contributed by atoms with Gasteiger partial charge in [-0.15, -0.1) is 0 Å². The summed E-state index contributed by atoms with van der Waals surface area (Å²) >= 11 is 0. The third-order valence-corrected chi connectivity index (χ3v) is 6.14. The molecule has 0 aromatic heterocycles. The minimum Gasteiger partial charge on any atom is -0.380 e. The van der Waals surface area contributed by atoms with Gasteiger partial charge in [0.15, 0.2) is 0 Å². The molecule has 0 saturated carbocycles. The lowest BCUT2D eigenvalue weighted by molar-refractivity contribution is -0.133. The van der Waals surface area contributed by atoms with Gasteiger partial charge in [0.2, 0.25) is 5.91 Å². The number of carbonyl (C=O) groups excluding carboxylic acids is 1. The SMILES string of the molecule is CCCOCCN1CCN(C(=O)C(C)N=C2CN3C=CN=CC3=NC2c2ccccc2)CC1. The molecule has 8 heteroatoms. The molecule has 0 bridgehead atoms. The first-order chi connectivity index (χ1) is 16.2. The summed E-state index contributed by atoms with van der Waals surface area (Å²) in [4.78, 5) is 33.6. The second-order valence-electron chi connectivity index (χ2n) is 8.58. The Hall–Kier alpha value is -2.84. The summed E-state index contributed by atoms with van der Waals surface area (Å²) in [6.45, 7) is 10.3. The van der Waals surface area contributed by atoms with Crippen molar-refractivity contribution in [3.05, 3.63) is 48.3 Å². The Bertz CT molecular complexity index is 918. The van der Waals surface area contributed by atoms with E-state index in [4.69, 9.17) is 14.7 Å². The van der Waals surface area contributed by atoms with Crippen molar-refractivity contribution in [2.45, 2.75) is 32.4 Å². The van der Waals surface area contributed by atoms with E-state index in [1.807, 2.05) is 41.1 Å². The molecule has 1 aromatic rings. The van der Waals surface area contributed by atoms with Crippen LogP contribution in [0.3, 0.4) is 0 Å². The number of benzene rings is 1. The summed E-state index contributed by atoms with van der Waals surface area (Å²) < 4.78 is 5.60. The van der Waals surface area contributed by atoms with E-state index in [1.165, 1.54) is 0 Å². The number of piperazine rings is 1. The Labute approximate surface area is 196 Å². The average Bonchev–Trinajstić information content (AvgIpc) is 2.86. The molecule has 2 atom stereocenters. The van der Waals surface area contributed by atoms with Crippen molar-refractivity contribution in [2.24, 2.45) is 15.0 Å². The van der Waals surface area contributed by atoms with Gasteiger partial charge in [-0.05, 0) is 18.9 Å². The lowest BCUT2D eigenvalue weighted by atomic mass is 10.00. The van der Waals surface area contributed by atoms with Crippen molar-refractivity contribution in [1.29, 1.82) is 0 Å². The Kier molecular flexibility index (Phi) is 8.01. The van der Waals surface area contributed by atoms with E-state index in [2.05, 4.69) is 28.9 Å². The number of ether oxygens (including phenoxy) is 1. The van der Waals surface area contributed by atoms with E-state index in [0.717, 1.165) is 69.5 Å². The van der Waals surface area contributed by atoms with Crippen LogP contribution in [0, 0.1) is 0 Å². The third kappa shape index (κ3) is 5.94. The maximum absolute atomic E-state index is 13.2. The highest BCUT2D eigenvalue weighted by atomic mass is 16.5. The predicted molar refractivity (Wildman–Crippen MR) is 132 cm³/mol. The Balaban J connectivity index is 1.41. The number of aliphatic imine (C=N–C) groups is 3. The molecule has 4 rings (SSSR count). The molecule has 1 aromatic carbocycles. The molecule has 3 aliphatic rings. The summed E-state index contributed by atoms with van der Waals surface area (Å²) in [5.74, 6) is 0.907. The molecule has 1 fully saturated rings. The number of rotatable bonds is 8. The summed E-state index contributed by atoms with van der Waals surface area (Å²) in [5.41, 5.74) is 1.97. The Morgan fingerprint density at radius 2 is 1.97 bits per heavy atom. The fourth-order valence-corrected chi connectivity index (χ4v) is 4.30. The molecule has 2 unspecified atom stereocenters. The molecule has 1 saturated heterocycles. The van der Waals surface area contributed by atoms with Crippen molar-refractivity contribution in [1.82, 2.24) is 14.7 Å². The van der Waals surface area contributed by atoms with E-state index >= 15 is 0 Å². The van der Waals surface area contributed by atoms with Gasteiger partial charge >= 0.3 is 0 Å². The molecule has 176 valence electrons. The molecule has 0 spiro atoms. The van der Waals surface area contributed by atoms with Crippen molar-refractivity contribution >= 4 is 23.7 Å². The molecule has 0 N–H and O–H groups in total. The van der Waals surface area contributed by atoms with Crippen LogP contribution >= 0.6 is 0 Å². The molecule has 33 heavy (non-hydrogen) atoms. The first kappa shape index (κ1) is 23.3. The van der Waals surface area contributed by atoms with Crippen LogP contribution in [-0.4, -0.2) is 96.9 Å². The lowest BCUT2D eigenvalue weighted by Crippen LogP contribution is -2.51. The van der Waals surface area contributed by atoms with Gasteiger partial charge in [0.1, 0.15) is 17.9 Å². The molecule has 8 nitrogen and oxygen atoms in total. The van der Waals surface area contributed by atoms with E-state index in [9.17, 15) is 4.79 Å². The number of hydrogen-bond donors (Lipinski definition) is 0. The fraction of sp³-hybridized carbons (Fsp3) is 0.520. The predicted octanol–water partition coefficient (Wildman–Crippen LogP) is 2.40. The smallest absolute Gasteiger partial charge is 0.247 e. The number of fused-ring (bicyclic) bond motifs is 1. The van der Waals surface area contributed by atoms with Gasteiger partial charge in [0.05, 0.1) is 25.1 Å². The highest BCUT2D eigenvalue weighted by Crippen LogP contribution is 2.25. The molecule has 3 aliphatic heterocycles. The van der Waals surface area contributed by atoms with Gasteiger partial charge in [-0.25, -0.2) is 0 Å². The average molecular weight is 451 g/mol. The number of nitrogens with zero attached hydrogens (tertiary/aromatic N) is 6. The molecule has 3 heterocycles. The topological polar surface area (TPSA) is 73.1 Å². The first-order valence-corrected chi connectivity index (χ1v) is 11.9. The Morgan fingerprint density at radius 1 is 1.18 bits per heavy atom. The number of hydrogen-bond acceptors (Lipinski definition) is 7. The van der Waals surface area contributed by atoms with Crippen LogP contribution in [0.1, 0.15) is 31.9 Å². The summed E-state index contributed by atoms with van der Waals surface area (Å²) in [6.07, 6.45) is 6.47. The van der Waals surface area contributed by atoms with Crippen molar-refractivity contribution in [3.63, 3.8) is 0 Å². The van der Waals surface area contributed by atoms with Crippen LogP contribution in [-0.2, 0) is 9.53 Å².